The molecule has 1 fully saturated rings. The van der Waals surface area contributed by atoms with Crippen molar-refractivity contribution < 1.29 is 28.9 Å². The Balaban J connectivity index is 1.81. The molecule has 0 bridgehead atoms. The number of likely N-dealkylation sites (N-methyl/N-ethyl adjacent to an activating group) is 1. The normalized spacial score (nSPS) is 18.8. The van der Waals surface area contributed by atoms with Crippen LogP contribution in [0.2, 0.25) is 0 Å². The Labute approximate surface area is 192 Å². The summed E-state index contributed by atoms with van der Waals surface area (Å²) in [5.41, 5.74) is 1.06. The summed E-state index contributed by atoms with van der Waals surface area (Å²) in [5.74, 6) is -0.0400. The zero-order chi connectivity index (χ0) is 23.5. The number of hydrogen-bond donors (Lipinski definition) is 1. The van der Waals surface area contributed by atoms with Gasteiger partial charge in [-0.2, -0.15) is 0 Å². The van der Waals surface area contributed by atoms with E-state index in [1.54, 1.807) is 42.5 Å². The summed E-state index contributed by atoms with van der Waals surface area (Å²) in [6.45, 7) is 4.94. The SMILES string of the molecule is C=CCOc1cccc(C2C(=C(O)c3ccc4c(c3)OCO4)C(=O)C(=O)N2CCN(C)C)c1. The van der Waals surface area contributed by atoms with Crippen molar-refractivity contribution in [2.24, 2.45) is 0 Å². The van der Waals surface area contributed by atoms with Crippen LogP contribution in [0.25, 0.3) is 5.76 Å². The van der Waals surface area contributed by atoms with Crippen LogP contribution in [-0.2, 0) is 9.59 Å². The van der Waals surface area contributed by atoms with E-state index in [-0.39, 0.29) is 18.1 Å². The van der Waals surface area contributed by atoms with Crippen molar-refractivity contribution in [3.8, 4) is 17.2 Å². The van der Waals surface area contributed by atoms with Gasteiger partial charge in [0.05, 0.1) is 11.6 Å². The predicted octanol–water partition coefficient (Wildman–Crippen LogP) is 2.96. The van der Waals surface area contributed by atoms with Crippen LogP contribution in [0.4, 0.5) is 0 Å². The number of hydrogen-bond acceptors (Lipinski definition) is 7. The van der Waals surface area contributed by atoms with E-state index in [2.05, 4.69) is 6.58 Å². The third-order valence-electron chi connectivity index (χ3n) is 5.52. The van der Waals surface area contributed by atoms with Crippen LogP contribution in [0, 0.1) is 0 Å². The third kappa shape index (κ3) is 4.42. The van der Waals surface area contributed by atoms with Crippen molar-refractivity contribution in [2.75, 3.05) is 40.6 Å². The monoisotopic (exact) mass is 450 g/mol. The molecule has 2 aromatic carbocycles. The first kappa shape index (κ1) is 22.4. The molecule has 4 rings (SSSR count). The van der Waals surface area contributed by atoms with Gasteiger partial charge in [-0.05, 0) is 50.0 Å². The number of ketones is 1. The largest absolute Gasteiger partial charge is 0.507 e. The molecule has 0 saturated carbocycles. The Bertz CT molecular complexity index is 1120. The zero-order valence-electron chi connectivity index (χ0n) is 18.6. The topological polar surface area (TPSA) is 88.5 Å². The van der Waals surface area contributed by atoms with E-state index in [4.69, 9.17) is 14.2 Å². The molecule has 2 aliphatic heterocycles. The molecule has 2 aliphatic rings. The molecule has 8 nitrogen and oxygen atoms in total. The summed E-state index contributed by atoms with van der Waals surface area (Å²) in [7, 11) is 3.78. The lowest BCUT2D eigenvalue weighted by Gasteiger charge is -2.27. The van der Waals surface area contributed by atoms with Crippen LogP contribution in [-0.4, -0.2) is 67.2 Å². The molecule has 172 valence electrons. The van der Waals surface area contributed by atoms with E-state index in [0.29, 0.717) is 48.1 Å². The minimum Gasteiger partial charge on any atom is -0.507 e. The van der Waals surface area contributed by atoms with E-state index < -0.39 is 17.7 Å². The number of carbonyl (C=O) groups excluding carboxylic acids is 2. The summed E-state index contributed by atoms with van der Waals surface area (Å²) in [5, 5.41) is 11.2. The predicted molar refractivity (Wildman–Crippen MR) is 122 cm³/mol. The number of fused-ring (bicyclic) bond motifs is 1. The first-order chi connectivity index (χ1) is 15.9. The van der Waals surface area contributed by atoms with Gasteiger partial charge in [-0.3, -0.25) is 9.59 Å². The number of Topliss-reactive ketones (excluding diaryl/α,β-unsaturated/α-hetero) is 1. The molecule has 1 unspecified atom stereocenters. The summed E-state index contributed by atoms with van der Waals surface area (Å²) in [6, 6.07) is 11.3. The van der Waals surface area contributed by atoms with Gasteiger partial charge >= 0.3 is 0 Å². The Morgan fingerprint density at radius 2 is 2.00 bits per heavy atom. The van der Waals surface area contributed by atoms with E-state index in [9.17, 15) is 14.7 Å². The number of benzene rings is 2. The molecule has 0 aromatic heterocycles. The lowest BCUT2D eigenvalue weighted by Crippen LogP contribution is -2.35. The fraction of sp³-hybridized carbons (Fsp3) is 0.280. The number of carbonyl (C=O) groups is 2. The molecule has 1 amide bonds. The Morgan fingerprint density at radius 3 is 2.76 bits per heavy atom. The fourth-order valence-corrected chi connectivity index (χ4v) is 3.89. The maximum Gasteiger partial charge on any atom is 0.295 e. The molecule has 1 N–H and O–H groups in total. The molecule has 0 spiro atoms. The average Bonchev–Trinajstić information content (AvgIpc) is 3.38. The van der Waals surface area contributed by atoms with Gasteiger partial charge < -0.3 is 29.1 Å². The van der Waals surface area contributed by atoms with Gasteiger partial charge in [-0.25, -0.2) is 0 Å². The number of ether oxygens (including phenoxy) is 3. The van der Waals surface area contributed by atoms with Crippen LogP contribution in [0.5, 0.6) is 17.2 Å². The van der Waals surface area contributed by atoms with E-state index in [1.807, 2.05) is 25.1 Å². The van der Waals surface area contributed by atoms with Crippen molar-refractivity contribution in [3.05, 3.63) is 71.8 Å². The van der Waals surface area contributed by atoms with E-state index >= 15 is 0 Å². The number of aliphatic hydroxyl groups excluding tert-OH is 1. The number of amides is 1. The zero-order valence-corrected chi connectivity index (χ0v) is 18.6. The highest BCUT2D eigenvalue weighted by atomic mass is 16.7. The summed E-state index contributed by atoms with van der Waals surface area (Å²) in [6.07, 6.45) is 1.63. The van der Waals surface area contributed by atoms with Crippen molar-refractivity contribution in [2.45, 2.75) is 6.04 Å². The second-order valence-corrected chi connectivity index (χ2v) is 8.04. The first-order valence-corrected chi connectivity index (χ1v) is 10.6. The Kier molecular flexibility index (Phi) is 6.37. The Hall–Kier alpha value is -3.78. The smallest absolute Gasteiger partial charge is 0.295 e. The number of likely N-dealkylation sites (tertiary alicyclic amines) is 1. The maximum absolute atomic E-state index is 13.1. The van der Waals surface area contributed by atoms with Gasteiger partial charge in [-0.1, -0.05) is 24.8 Å². The van der Waals surface area contributed by atoms with Crippen molar-refractivity contribution in [3.63, 3.8) is 0 Å². The first-order valence-electron chi connectivity index (χ1n) is 10.6. The molecule has 0 aliphatic carbocycles. The maximum atomic E-state index is 13.1. The molecule has 1 atom stereocenters. The van der Waals surface area contributed by atoms with Gasteiger partial charge in [0.25, 0.3) is 11.7 Å². The van der Waals surface area contributed by atoms with E-state index in [0.717, 1.165) is 0 Å². The van der Waals surface area contributed by atoms with Crippen LogP contribution in [0.1, 0.15) is 17.2 Å². The number of aliphatic hydroxyl groups is 1. The van der Waals surface area contributed by atoms with Gasteiger partial charge in [0.2, 0.25) is 6.79 Å². The highest BCUT2D eigenvalue weighted by Crippen LogP contribution is 2.41. The number of rotatable bonds is 8. The lowest BCUT2D eigenvalue weighted by molar-refractivity contribution is -0.140. The van der Waals surface area contributed by atoms with Crippen LogP contribution in [0.15, 0.2) is 60.7 Å². The van der Waals surface area contributed by atoms with Gasteiger partial charge in [0.1, 0.15) is 18.1 Å². The van der Waals surface area contributed by atoms with Gasteiger partial charge in [-0.15, -0.1) is 0 Å². The van der Waals surface area contributed by atoms with Crippen molar-refractivity contribution in [1.29, 1.82) is 0 Å². The average molecular weight is 450 g/mol. The summed E-state index contributed by atoms with van der Waals surface area (Å²) >= 11 is 0. The highest BCUT2D eigenvalue weighted by Gasteiger charge is 2.46. The van der Waals surface area contributed by atoms with Gasteiger partial charge in [0, 0.05) is 18.7 Å². The molecule has 1 saturated heterocycles. The molecule has 2 heterocycles. The second-order valence-electron chi connectivity index (χ2n) is 8.04. The van der Waals surface area contributed by atoms with E-state index in [1.165, 1.54) is 4.90 Å². The molecule has 0 radical (unpaired) electrons. The standard InChI is InChI=1S/C25H26N2O6/c1-4-12-31-18-7-5-6-16(13-18)22-21(24(29)25(30)27(22)11-10-26(2)3)23(28)17-8-9-19-20(14-17)33-15-32-19/h4-9,13-14,22,28H,1,10-12,15H2,2-3H3. The minimum absolute atomic E-state index is 0.0264. The summed E-state index contributed by atoms with van der Waals surface area (Å²) < 4.78 is 16.4. The molecule has 33 heavy (non-hydrogen) atoms. The van der Waals surface area contributed by atoms with Crippen LogP contribution in [0.3, 0.4) is 0 Å². The quantitative estimate of drug-likeness (QED) is 0.286. The lowest BCUT2D eigenvalue weighted by atomic mass is 9.95. The van der Waals surface area contributed by atoms with Gasteiger partial charge in [0.15, 0.2) is 11.5 Å². The second kappa shape index (κ2) is 9.38. The molecular formula is C25H26N2O6. The van der Waals surface area contributed by atoms with Crippen LogP contribution < -0.4 is 14.2 Å². The van der Waals surface area contributed by atoms with Crippen LogP contribution >= 0.6 is 0 Å². The highest BCUT2D eigenvalue weighted by molar-refractivity contribution is 6.46. The molecule has 8 heteroatoms. The summed E-state index contributed by atoms with van der Waals surface area (Å²) in [4.78, 5) is 29.6. The molecule has 2 aromatic rings. The van der Waals surface area contributed by atoms with Crippen molar-refractivity contribution >= 4 is 17.4 Å². The molecular weight excluding hydrogens is 424 g/mol. The Morgan fingerprint density at radius 1 is 1.21 bits per heavy atom. The fourth-order valence-electron chi connectivity index (χ4n) is 3.89. The number of nitrogens with zero attached hydrogens (tertiary/aromatic N) is 2. The third-order valence-corrected chi connectivity index (χ3v) is 5.52. The van der Waals surface area contributed by atoms with Crippen molar-refractivity contribution in [1.82, 2.24) is 9.80 Å². The minimum atomic E-state index is -0.761.